The van der Waals surface area contributed by atoms with E-state index in [1.807, 2.05) is 48.2 Å². The van der Waals surface area contributed by atoms with Gasteiger partial charge in [0.1, 0.15) is 11.5 Å². The quantitative estimate of drug-likeness (QED) is 0.541. The predicted octanol–water partition coefficient (Wildman–Crippen LogP) is 4.18. The molecule has 1 aliphatic rings. The van der Waals surface area contributed by atoms with E-state index in [1.165, 1.54) is 0 Å². The van der Waals surface area contributed by atoms with Crippen LogP contribution < -0.4 is 5.32 Å². The maximum atomic E-state index is 13.1. The van der Waals surface area contributed by atoms with Crippen LogP contribution in [0, 0.1) is 18.8 Å². The van der Waals surface area contributed by atoms with Crippen LogP contribution in [0.15, 0.2) is 53.3 Å². The van der Waals surface area contributed by atoms with Gasteiger partial charge in [-0.15, -0.1) is 0 Å². The molecule has 3 aromatic rings. The van der Waals surface area contributed by atoms with Gasteiger partial charge in [0.2, 0.25) is 5.91 Å². The average molecular weight is 506 g/mol. The van der Waals surface area contributed by atoms with Crippen LogP contribution in [-0.2, 0) is 4.79 Å². The minimum Gasteiger partial charge on any atom is -0.343 e. The molecule has 1 aromatic carbocycles. The second-order valence-electron chi connectivity index (χ2n) is 7.98. The minimum absolute atomic E-state index is 0.0531. The van der Waals surface area contributed by atoms with E-state index < -0.39 is 0 Å². The Hall–Kier alpha value is -3.44. The fraction of sp³-hybridized carbons (Fsp3) is 0.280. The number of nitrogens with one attached hydrogen (secondary N) is 1. The van der Waals surface area contributed by atoms with Gasteiger partial charge in [-0.1, -0.05) is 30.0 Å². The number of piperidine rings is 1. The van der Waals surface area contributed by atoms with E-state index in [1.54, 1.807) is 24.0 Å². The van der Waals surface area contributed by atoms with Crippen LogP contribution >= 0.6 is 15.9 Å². The van der Waals surface area contributed by atoms with Crippen molar-refractivity contribution in [3.05, 3.63) is 75.6 Å². The zero-order valence-electron chi connectivity index (χ0n) is 18.5. The lowest BCUT2D eigenvalue weighted by atomic mass is 10.0. The van der Waals surface area contributed by atoms with Gasteiger partial charge in [0, 0.05) is 37.3 Å². The Morgan fingerprint density at radius 1 is 1.09 bits per heavy atom. The first-order chi connectivity index (χ1) is 15.9. The molecular weight excluding hydrogens is 482 g/mol. The monoisotopic (exact) mass is 505 g/mol. The van der Waals surface area contributed by atoms with Crippen molar-refractivity contribution in [2.75, 3.05) is 18.4 Å². The van der Waals surface area contributed by atoms with Crippen LogP contribution in [0.3, 0.4) is 0 Å². The Bertz CT molecular complexity index is 1230. The van der Waals surface area contributed by atoms with E-state index >= 15 is 0 Å². The van der Waals surface area contributed by atoms with Gasteiger partial charge in [0.25, 0.3) is 5.91 Å². The van der Waals surface area contributed by atoms with Crippen molar-refractivity contribution in [3.8, 4) is 11.8 Å². The third-order valence-corrected chi connectivity index (χ3v) is 6.24. The third-order valence-electron chi connectivity index (χ3n) is 5.66. The lowest BCUT2D eigenvalue weighted by Crippen LogP contribution is -2.38. The van der Waals surface area contributed by atoms with Gasteiger partial charge in [-0.05, 0) is 59.5 Å². The van der Waals surface area contributed by atoms with Gasteiger partial charge in [0.05, 0.1) is 16.7 Å². The summed E-state index contributed by atoms with van der Waals surface area (Å²) in [6.45, 7) is 4.78. The number of hydrogen-bond acceptors (Lipinski definition) is 4. The van der Waals surface area contributed by atoms with Gasteiger partial charge >= 0.3 is 0 Å². The first-order valence-electron chi connectivity index (χ1n) is 10.8. The second kappa shape index (κ2) is 10.0. The van der Waals surface area contributed by atoms with Crippen molar-refractivity contribution in [1.29, 1.82) is 0 Å². The summed E-state index contributed by atoms with van der Waals surface area (Å²) in [6.07, 6.45) is 4.79. The number of likely N-dealkylation sites (tertiary alicyclic amines) is 1. The number of rotatable bonds is 3. The normalized spacial score (nSPS) is 13.8. The van der Waals surface area contributed by atoms with Crippen LogP contribution in [0.25, 0.3) is 0 Å². The predicted molar refractivity (Wildman–Crippen MR) is 130 cm³/mol. The fourth-order valence-electron chi connectivity index (χ4n) is 3.86. The van der Waals surface area contributed by atoms with Crippen LogP contribution in [0.5, 0.6) is 0 Å². The molecule has 0 spiro atoms. The summed E-state index contributed by atoms with van der Waals surface area (Å²) in [7, 11) is 0. The number of hydrogen-bond donors (Lipinski definition) is 1. The standard InChI is InChI=1S/C25H24BrN5O2/c1-17-14-20(9-8-19-6-4-3-5-7-19)15-27-24(17)29-25(33)23-22(26)16-28-31(23)21-10-12-30(13-11-21)18(2)32/h3-7,14-16,21H,10-13H2,1-2H3,(H,27,29,33). The van der Waals surface area contributed by atoms with Crippen molar-refractivity contribution < 1.29 is 9.59 Å². The Morgan fingerprint density at radius 2 is 1.79 bits per heavy atom. The number of anilines is 1. The molecule has 7 nitrogen and oxygen atoms in total. The number of benzene rings is 1. The Kier molecular flexibility index (Phi) is 6.90. The molecule has 2 aromatic heterocycles. The molecule has 0 atom stereocenters. The molecule has 8 heteroatoms. The molecule has 2 amide bonds. The van der Waals surface area contributed by atoms with E-state index in [0.29, 0.717) is 29.1 Å². The minimum atomic E-state index is -0.285. The lowest BCUT2D eigenvalue weighted by molar-refractivity contribution is -0.130. The molecule has 0 bridgehead atoms. The average Bonchev–Trinajstić information content (AvgIpc) is 3.21. The number of aromatic nitrogens is 3. The molecular formula is C25H24BrN5O2. The van der Waals surface area contributed by atoms with Gasteiger partial charge in [0.15, 0.2) is 0 Å². The SMILES string of the molecule is CC(=O)N1CCC(n2ncc(Br)c2C(=O)Nc2ncc(C#Cc3ccccc3)cc2C)CC1. The molecule has 0 saturated carbocycles. The summed E-state index contributed by atoms with van der Waals surface area (Å²) in [6, 6.07) is 11.7. The largest absolute Gasteiger partial charge is 0.343 e. The van der Waals surface area contributed by atoms with E-state index in [-0.39, 0.29) is 17.9 Å². The number of pyridine rings is 1. The molecule has 1 fully saturated rings. The lowest BCUT2D eigenvalue weighted by Gasteiger charge is -2.32. The molecule has 4 rings (SSSR count). The fourth-order valence-corrected chi connectivity index (χ4v) is 4.32. The van der Waals surface area contributed by atoms with Crippen molar-refractivity contribution in [3.63, 3.8) is 0 Å². The van der Waals surface area contributed by atoms with Gasteiger partial charge in [-0.25, -0.2) is 4.98 Å². The number of nitrogens with zero attached hydrogens (tertiary/aromatic N) is 4. The van der Waals surface area contributed by atoms with Crippen LogP contribution in [-0.4, -0.2) is 44.6 Å². The van der Waals surface area contributed by atoms with E-state index in [4.69, 9.17) is 0 Å². The molecule has 0 aliphatic carbocycles. The summed E-state index contributed by atoms with van der Waals surface area (Å²) in [5, 5.41) is 7.34. The highest BCUT2D eigenvalue weighted by molar-refractivity contribution is 9.10. The van der Waals surface area contributed by atoms with Crippen molar-refractivity contribution in [2.24, 2.45) is 0 Å². The number of aryl methyl sites for hydroxylation is 1. The van der Waals surface area contributed by atoms with Gasteiger partial charge in [-0.3, -0.25) is 14.3 Å². The molecule has 0 radical (unpaired) electrons. The van der Waals surface area contributed by atoms with E-state index in [2.05, 4.69) is 43.2 Å². The van der Waals surface area contributed by atoms with E-state index in [9.17, 15) is 9.59 Å². The van der Waals surface area contributed by atoms with Crippen LogP contribution in [0.4, 0.5) is 5.82 Å². The first kappa shape index (κ1) is 22.7. The summed E-state index contributed by atoms with van der Waals surface area (Å²) < 4.78 is 2.38. The van der Waals surface area contributed by atoms with Crippen molar-refractivity contribution in [2.45, 2.75) is 32.7 Å². The maximum Gasteiger partial charge on any atom is 0.276 e. The summed E-state index contributed by atoms with van der Waals surface area (Å²) in [4.78, 5) is 31.0. The third kappa shape index (κ3) is 5.32. The zero-order valence-corrected chi connectivity index (χ0v) is 20.1. The number of amides is 2. The van der Waals surface area contributed by atoms with Crippen molar-refractivity contribution in [1.82, 2.24) is 19.7 Å². The molecule has 33 heavy (non-hydrogen) atoms. The molecule has 1 N–H and O–H groups in total. The maximum absolute atomic E-state index is 13.1. The summed E-state index contributed by atoms with van der Waals surface area (Å²) >= 11 is 3.46. The van der Waals surface area contributed by atoms with Crippen molar-refractivity contribution >= 4 is 33.6 Å². The second-order valence-corrected chi connectivity index (χ2v) is 8.84. The smallest absolute Gasteiger partial charge is 0.276 e. The Balaban J connectivity index is 1.48. The van der Waals surface area contributed by atoms with Crippen LogP contribution in [0.1, 0.15) is 53.0 Å². The summed E-state index contributed by atoms with van der Waals surface area (Å²) in [5.74, 6) is 6.49. The highest BCUT2D eigenvalue weighted by atomic mass is 79.9. The highest BCUT2D eigenvalue weighted by Crippen LogP contribution is 2.28. The molecule has 168 valence electrons. The Morgan fingerprint density at radius 3 is 2.45 bits per heavy atom. The molecule has 1 saturated heterocycles. The topological polar surface area (TPSA) is 80.1 Å². The zero-order chi connectivity index (χ0) is 23.4. The van der Waals surface area contributed by atoms with Gasteiger partial charge in [-0.2, -0.15) is 5.10 Å². The van der Waals surface area contributed by atoms with Gasteiger partial charge < -0.3 is 10.2 Å². The number of carbonyl (C=O) groups is 2. The first-order valence-corrected chi connectivity index (χ1v) is 11.5. The van der Waals surface area contributed by atoms with E-state index in [0.717, 1.165) is 29.5 Å². The number of halogens is 1. The molecule has 0 unspecified atom stereocenters. The Labute approximate surface area is 201 Å². The highest BCUT2D eigenvalue weighted by Gasteiger charge is 2.27. The molecule has 3 heterocycles. The van der Waals surface area contributed by atoms with Crippen LogP contribution in [0.2, 0.25) is 0 Å². The summed E-state index contributed by atoms with van der Waals surface area (Å²) in [5.41, 5.74) is 2.98. The number of carbonyl (C=O) groups excluding carboxylic acids is 2. The molecule has 1 aliphatic heterocycles.